The summed E-state index contributed by atoms with van der Waals surface area (Å²) in [6.07, 6.45) is 14.5. The molecule has 0 spiro atoms. The standard InChI is InChI=1S/C65H87N25O10/c1-80(2)65(81(3)4)75-44-30-50(88(11)36-44)62(98)79-52-38-90(13)56(77-52)64(100)74-43-29-49(87(10)35-43)61(97)78-51-37-89(12)55(76-51)63(99)68-20-14-17-54(92)70-39-25-46(84(7)31-39)58(94)72-41-27-48(86(9)33-41)60(96)73-42-28-47(85(8)34-42)59(95)71-40-26-45(83(6)32-40)57(93)69-22-18-53(91)67-21-16-24-82(5)23-15-19-66/h25-38H,14-24,66H2,1-13H3,(H,67,91)(H,68,99)(H,69,93)(H,70,92)(H,71,95)(H,72,94)(H,73,96)(H,74,100)(H,78,97)(H,79,98). The molecule has 532 valence electrons. The molecule has 35 nitrogen and oxygen atoms in total. The Bertz CT molecular complexity index is 4390. The van der Waals surface area contributed by atoms with E-state index in [0.717, 1.165) is 25.9 Å². The van der Waals surface area contributed by atoms with Crippen molar-refractivity contribution in [2.75, 3.05) is 112 Å². The molecule has 0 radical (unpaired) electrons. The number of amides is 10. The lowest BCUT2D eigenvalue weighted by atomic mass is 10.3. The molecule has 10 amide bonds. The molecule has 0 aromatic carbocycles. The molecule has 0 fully saturated rings. The second kappa shape index (κ2) is 32.8. The van der Waals surface area contributed by atoms with Gasteiger partial charge in [0.25, 0.3) is 47.3 Å². The maximum Gasteiger partial charge on any atom is 0.291 e. The van der Waals surface area contributed by atoms with Gasteiger partial charge >= 0.3 is 0 Å². The lowest BCUT2D eigenvalue weighted by molar-refractivity contribution is -0.121. The van der Waals surface area contributed by atoms with E-state index in [0.29, 0.717) is 53.2 Å². The van der Waals surface area contributed by atoms with Crippen molar-refractivity contribution in [1.29, 1.82) is 0 Å². The molecular formula is C65H87N25O10. The van der Waals surface area contributed by atoms with E-state index in [1.54, 1.807) is 103 Å². The summed E-state index contributed by atoms with van der Waals surface area (Å²) in [6.45, 7) is 3.09. The largest absolute Gasteiger partial charge is 0.356 e. The van der Waals surface area contributed by atoms with Crippen LogP contribution in [0.2, 0.25) is 0 Å². The van der Waals surface area contributed by atoms with Crippen LogP contribution in [0.15, 0.2) is 91.0 Å². The topological polar surface area (TPSA) is 404 Å². The predicted molar refractivity (Wildman–Crippen MR) is 377 cm³/mol. The van der Waals surface area contributed by atoms with Crippen LogP contribution in [0.4, 0.5) is 45.8 Å². The minimum absolute atomic E-state index is 0.00452. The van der Waals surface area contributed by atoms with Crippen LogP contribution in [-0.2, 0) is 66.0 Å². The van der Waals surface area contributed by atoms with Gasteiger partial charge in [0.2, 0.25) is 29.4 Å². The molecule has 8 heterocycles. The molecule has 12 N–H and O–H groups in total. The first kappa shape index (κ1) is 73.8. The maximum absolute atomic E-state index is 13.6. The van der Waals surface area contributed by atoms with Gasteiger partial charge in [0, 0.05) is 167 Å². The molecule has 35 heteroatoms. The fraction of sp³-hybridized carbons (Fsp3) is 0.369. The van der Waals surface area contributed by atoms with Gasteiger partial charge in [0.1, 0.15) is 34.2 Å². The number of anilines is 7. The van der Waals surface area contributed by atoms with Crippen LogP contribution in [0.3, 0.4) is 0 Å². The maximum atomic E-state index is 13.6. The van der Waals surface area contributed by atoms with E-state index < -0.39 is 47.3 Å². The second-order valence-corrected chi connectivity index (χ2v) is 24.4. The number of rotatable bonds is 30. The molecule has 0 aliphatic rings. The Morgan fingerprint density at radius 3 is 1.20 bits per heavy atom. The van der Waals surface area contributed by atoms with Crippen LogP contribution < -0.4 is 58.9 Å². The van der Waals surface area contributed by atoms with Crippen LogP contribution in [-0.4, -0.2) is 201 Å². The van der Waals surface area contributed by atoms with Crippen molar-refractivity contribution in [3.63, 3.8) is 0 Å². The molecule has 8 aromatic rings. The van der Waals surface area contributed by atoms with Gasteiger partial charge in [-0.2, -0.15) is 0 Å². The third kappa shape index (κ3) is 19.2. The van der Waals surface area contributed by atoms with Crippen LogP contribution in [0, 0.1) is 0 Å². The van der Waals surface area contributed by atoms with Crippen LogP contribution in [0.1, 0.15) is 116 Å². The molecule has 8 rings (SSSR count). The minimum Gasteiger partial charge on any atom is -0.356 e. The SMILES string of the molecule is CN(CCCN)CCCNC(=O)CCNC(=O)c1cc(NC(=O)c2cc(NC(=O)c3cc(NC(=O)c4cc(NC(=O)CCCNC(=O)c5nc(NC(=O)c6cc(NC(=O)c7nc(NC(=O)c8cc(N=C(N(C)C)N(C)C)cn8C)cn7C)cn6C)cn5C)cn4C)cn3C)cn2C)cn1C. The van der Waals surface area contributed by atoms with Crippen molar-refractivity contribution < 1.29 is 47.9 Å². The quantitative estimate of drug-likeness (QED) is 0.0175. The molecule has 0 aliphatic carbocycles. The van der Waals surface area contributed by atoms with E-state index in [4.69, 9.17) is 5.73 Å². The van der Waals surface area contributed by atoms with E-state index in [2.05, 4.69) is 73.0 Å². The smallest absolute Gasteiger partial charge is 0.291 e. The number of nitrogens with one attached hydrogen (secondary N) is 10. The van der Waals surface area contributed by atoms with Crippen molar-refractivity contribution >= 4 is 111 Å². The molecule has 0 bridgehead atoms. The van der Waals surface area contributed by atoms with Crippen LogP contribution in [0.25, 0.3) is 0 Å². The zero-order valence-corrected chi connectivity index (χ0v) is 58.3. The lowest BCUT2D eigenvalue weighted by Gasteiger charge is -2.22. The summed E-state index contributed by atoms with van der Waals surface area (Å²) >= 11 is 0. The second-order valence-electron chi connectivity index (χ2n) is 24.4. The number of hydrogen-bond acceptors (Lipinski definition) is 15. The van der Waals surface area contributed by atoms with Gasteiger partial charge in [0.15, 0.2) is 11.6 Å². The first-order valence-corrected chi connectivity index (χ1v) is 31.8. The first-order valence-electron chi connectivity index (χ1n) is 31.8. The van der Waals surface area contributed by atoms with Crippen molar-refractivity contribution in [2.45, 2.75) is 32.1 Å². The number of nitrogens with zero attached hydrogens (tertiary/aromatic N) is 14. The third-order valence-electron chi connectivity index (χ3n) is 15.7. The Morgan fingerprint density at radius 1 is 0.380 bits per heavy atom. The van der Waals surface area contributed by atoms with Gasteiger partial charge in [-0.05, 0) is 82.3 Å². The highest BCUT2D eigenvalue weighted by Crippen LogP contribution is 2.24. The number of carbonyl (C=O) groups is 10. The molecule has 0 saturated heterocycles. The summed E-state index contributed by atoms with van der Waals surface area (Å²) in [5.41, 5.74) is 9.01. The Morgan fingerprint density at radius 2 is 0.750 bits per heavy atom. The van der Waals surface area contributed by atoms with E-state index in [-0.39, 0.29) is 102 Å². The van der Waals surface area contributed by atoms with Gasteiger partial charge in [-0.3, -0.25) is 47.9 Å². The van der Waals surface area contributed by atoms with Gasteiger partial charge < -0.3 is 110 Å². The normalized spacial score (nSPS) is 11.0. The molecular weight excluding hydrogens is 1290 g/mol. The van der Waals surface area contributed by atoms with Gasteiger partial charge in [-0.1, -0.05) is 0 Å². The molecule has 0 unspecified atom stereocenters. The summed E-state index contributed by atoms with van der Waals surface area (Å²) < 4.78 is 12.1. The van der Waals surface area contributed by atoms with Crippen molar-refractivity contribution in [3.05, 3.63) is 132 Å². The lowest BCUT2D eigenvalue weighted by Crippen LogP contribution is -2.35. The highest BCUT2D eigenvalue weighted by Gasteiger charge is 2.25. The molecule has 0 aliphatic heterocycles. The third-order valence-corrected chi connectivity index (χ3v) is 15.7. The van der Waals surface area contributed by atoms with Crippen molar-refractivity contribution in [1.82, 2.24) is 77.2 Å². The van der Waals surface area contributed by atoms with Gasteiger partial charge in [0.05, 0.1) is 34.1 Å². The Hall–Kier alpha value is -12.0. The van der Waals surface area contributed by atoms with E-state index in [9.17, 15) is 47.9 Å². The number of nitrogens with two attached hydrogens (primary N) is 1. The van der Waals surface area contributed by atoms with Crippen molar-refractivity contribution in [2.24, 2.45) is 67.1 Å². The van der Waals surface area contributed by atoms with E-state index in [1.165, 1.54) is 76.3 Å². The first-order chi connectivity index (χ1) is 47.4. The van der Waals surface area contributed by atoms with E-state index >= 15 is 0 Å². The number of carbonyl (C=O) groups excluding carboxylic acids is 10. The summed E-state index contributed by atoms with van der Waals surface area (Å²) in [7, 11) is 22.5. The number of hydrogen-bond donors (Lipinski definition) is 11. The average Bonchev–Trinajstić information content (AvgIpc) is 1.69. The number of aromatic nitrogens is 10. The molecule has 100 heavy (non-hydrogen) atoms. The summed E-state index contributed by atoms with van der Waals surface area (Å²) in [5, 5.41) is 27.6. The van der Waals surface area contributed by atoms with Gasteiger partial charge in [-0.25, -0.2) is 15.0 Å². The zero-order chi connectivity index (χ0) is 72.8. The molecule has 8 aromatic heterocycles. The van der Waals surface area contributed by atoms with Crippen LogP contribution in [0.5, 0.6) is 0 Å². The number of guanidine groups is 1. The number of aryl methyl sites for hydroxylation is 8. The Kier molecular flexibility index (Phi) is 24.2. The highest BCUT2D eigenvalue weighted by atomic mass is 16.2. The monoisotopic (exact) mass is 1380 g/mol. The Labute approximate surface area is 576 Å². The molecule has 0 atom stereocenters. The van der Waals surface area contributed by atoms with Gasteiger partial charge in [-0.15, -0.1) is 0 Å². The number of imidazole rings is 2. The number of aliphatic imine (C=N–C) groups is 1. The van der Waals surface area contributed by atoms with E-state index in [1.807, 2.05) is 45.0 Å². The predicted octanol–water partition coefficient (Wildman–Crippen LogP) is 2.86. The molecule has 0 saturated carbocycles. The zero-order valence-electron chi connectivity index (χ0n) is 58.3. The van der Waals surface area contributed by atoms with Crippen LogP contribution >= 0.6 is 0 Å². The van der Waals surface area contributed by atoms with Crippen molar-refractivity contribution in [3.8, 4) is 0 Å². The summed E-state index contributed by atoms with van der Waals surface area (Å²) in [6, 6.07) is 9.07. The average molecular weight is 1380 g/mol. The Balaban J connectivity index is 0.741. The summed E-state index contributed by atoms with van der Waals surface area (Å²) in [5.74, 6) is -3.94. The summed E-state index contributed by atoms with van der Waals surface area (Å²) in [4.78, 5) is 151. The fourth-order valence-corrected chi connectivity index (χ4v) is 10.7. The highest BCUT2D eigenvalue weighted by molar-refractivity contribution is 6.10. The minimum atomic E-state index is -0.611. The fourth-order valence-electron chi connectivity index (χ4n) is 10.7.